The lowest BCUT2D eigenvalue weighted by atomic mass is 9.92. The van der Waals surface area contributed by atoms with Crippen LogP contribution in [0.5, 0.6) is 0 Å². The molecule has 0 radical (unpaired) electrons. The number of nitrogens with zero attached hydrogens (tertiary/aromatic N) is 5. The number of methoxy groups -OCH3 is 1. The van der Waals surface area contributed by atoms with Gasteiger partial charge in [0.15, 0.2) is 0 Å². The fourth-order valence-electron chi connectivity index (χ4n) is 9.45. The Bertz CT molecular complexity index is 2130. The van der Waals surface area contributed by atoms with E-state index in [1.54, 1.807) is 30.2 Å². The number of anilines is 2. The van der Waals surface area contributed by atoms with Crippen molar-refractivity contribution in [2.24, 2.45) is 5.92 Å². The predicted octanol–water partition coefficient (Wildman–Crippen LogP) is 3.43. The first-order valence-electron chi connectivity index (χ1n) is 19.0. The van der Waals surface area contributed by atoms with Gasteiger partial charge < -0.3 is 23.9 Å². The van der Waals surface area contributed by atoms with E-state index in [0.717, 1.165) is 86.0 Å². The van der Waals surface area contributed by atoms with Crippen LogP contribution in [0.15, 0.2) is 33.5 Å². The summed E-state index contributed by atoms with van der Waals surface area (Å²) in [7, 11) is -0.133. The zero-order valence-corrected chi connectivity index (χ0v) is 32.0. The molecule has 1 aromatic heterocycles. The number of hydrogen-bond donors (Lipinski definition) is 1. The summed E-state index contributed by atoms with van der Waals surface area (Å²) in [5, 5.41) is 0.945. The highest BCUT2D eigenvalue weighted by atomic mass is 32.2. The molecule has 284 valence electrons. The second-order valence-electron chi connectivity index (χ2n) is 15.7. The normalized spacial score (nSPS) is 23.6. The van der Waals surface area contributed by atoms with Crippen molar-refractivity contribution in [3.8, 4) is 0 Å². The largest absolute Gasteiger partial charge is 0.422 e. The molecule has 1 aliphatic carbocycles. The van der Waals surface area contributed by atoms with Crippen molar-refractivity contribution >= 4 is 44.4 Å². The summed E-state index contributed by atoms with van der Waals surface area (Å²) in [5.74, 6) is -0.434. The summed E-state index contributed by atoms with van der Waals surface area (Å²) < 4.78 is 41.2. The molecule has 5 aliphatic rings. The lowest BCUT2D eigenvalue weighted by Gasteiger charge is -2.41. The van der Waals surface area contributed by atoms with Crippen molar-refractivity contribution < 1.29 is 27.2 Å². The van der Waals surface area contributed by atoms with Gasteiger partial charge in [-0.3, -0.25) is 14.5 Å². The standard InChI is InChI=1S/C39H50N6O7S/c1-24-17-33(42-16-15-41(3)29(21-42)23-51-4)25(2)36-35(24)30-11-14-43(22-32(30)39(48)52-36)38(47)27-8-10-31(34(19-27)45-20-26-7-9-28(45)18-26)37(46)40-53(49,50)44-12-5-6-13-44/h8,10,17,19,26,28-29H,5-7,9,11-16,18,20-23H2,1-4H3,(H,40,46)/t26?,28?,29-/m1/s1. The number of carbonyl (C=O) groups is 2. The van der Waals surface area contributed by atoms with Crippen LogP contribution in [0.4, 0.5) is 11.4 Å². The topological polar surface area (TPSA) is 136 Å². The average molecular weight is 747 g/mol. The summed E-state index contributed by atoms with van der Waals surface area (Å²) in [4.78, 5) is 50.0. The number of amides is 2. The monoisotopic (exact) mass is 746 g/mol. The number of aryl methyl sites for hydroxylation is 2. The van der Waals surface area contributed by atoms with E-state index in [-0.39, 0.29) is 30.1 Å². The minimum Gasteiger partial charge on any atom is -0.422 e. The molecule has 1 N–H and O–H groups in total. The van der Waals surface area contributed by atoms with E-state index in [4.69, 9.17) is 9.15 Å². The van der Waals surface area contributed by atoms with E-state index in [1.807, 2.05) is 6.92 Å². The Kier molecular flexibility index (Phi) is 9.53. The highest BCUT2D eigenvalue weighted by Crippen LogP contribution is 2.42. The molecule has 8 rings (SSSR count). The number of hydrogen-bond acceptors (Lipinski definition) is 10. The molecule has 5 heterocycles. The van der Waals surface area contributed by atoms with Gasteiger partial charge in [0.05, 0.1) is 36.0 Å². The number of piperidine rings is 1. The van der Waals surface area contributed by atoms with Crippen LogP contribution in [-0.2, 0) is 27.9 Å². The maximum Gasteiger partial charge on any atom is 0.341 e. The Morgan fingerprint density at radius 1 is 0.981 bits per heavy atom. The molecular formula is C39H50N6O7S. The number of piperazine rings is 1. The molecule has 2 amide bonds. The van der Waals surface area contributed by atoms with Crippen molar-refractivity contribution in [1.82, 2.24) is 18.8 Å². The van der Waals surface area contributed by atoms with E-state index in [9.17, 15) is 22.8 Å². The van der Waals surface area contributed by atoms with E-state index >= 15 is 0 Å². The Morgan fingerprint density at radius 3 is 2.49 bits per heavy atom. The van der Waals surface area contributed by atoms with Crippen LogP contribution in [0.1, 0.15) is 75.1 Å². The fourth-order valence-corrected chi connectivity index (χ4v) is 10.7. The smallest absolute Gasteiger partial charge is 0.341 e. The van der Waals surface area contributed by atoms with Gasteiger partial charge in [0.25, 0.3) is 11.8 Å². The number of likely N-dealkylation sites (N-methyl/N-ethyl adjacent to an activating group) is 1. The zero-order valence-electron chi connectivity index (χ0n) is 31.2. The second-order valence-corrected chi connectivity index (χ2v) is 17.3. The number of benzene rings is 2. The molecule has 53 heavy (non-hydrogen) atoms. The minimum absolute atomic E-state index is 0.115. The van der Waals surface area contributed by atoms with Crippen molar-refractivity contribution in [2.75, 3.05) is 76.4 Å². The van der Waals surface area contributed by atoms with E-state index in [0.29, 0.717) is 61.0 Å². The lowest BCUT2D eigenvalue weighted by molar-refractivity contribution is 0.0732. The molecule has 4 aliphatic heterocycles. The van der Waals surface area contributed by atoms with Crippen LogP contribution in [-0.4, -0.2) is 113 Å². The molecule has 3 atom stereocenters. The van der Waals surface area contributed by atoms with Crippen LogP contribution in [0.25, 0.3) is 11.0 Å². The van der Waals surface area contributed by atoms with E-state index in [2.05, 4.69) is 39.5 Å². The summed E-state index contributed by atoms with van der Waals surface area (Å²) in [6, 6.07) is 7.61. The third-order valence-electron chi connectivity index (χ3n) is 12.4. The molecule has 14 heteroatoms. The highest BCUT2D eigenvalue weighted by Gasteiger charge is 2.40. The SMILES string of the molecule is COC[C@H]1CN(c2cc(C)c3c4c(c(=O)oc3c2C)CN(C(=O)c2ccc(C(=O)NS(=O)(=O)N3CCCC3)c(N3CC5CCC3C5)c2)CC4)CCN1C. The minimum atomic E-state index is -3.98. The third kappa shape index (κ3) is 6.51. The molecular weight excluding hydrogens is 697 g/mol. The Hall–Kier alpha value is -3.98. The lowest BCUT2D eigenvalue weighted by Crippen LogP contribution is -2.53. The summed E-state index contributed by atoms with van der Waals surface area (Å²) in [6.07, 6.45) is 5.17. The number of fused-ring (bicyclic) bond motifs is 5. The van der Waals surface area contributed by atoms with Gasteiger partial charge in [-0.05, 0) is 101 Å². The average Bonchev–Trinajstić information content (AvgIpc) is 3.94. The van der Waals surface area contributed by atoms with Gasteiger partial charge in [-0.2, -0.15) is 12.7 Å². The molecule has 3 aromatic rings. The fraction of sp³-hybridized carbons (Fsp3) is 0.564. The third-order valence-corrected chi connectivity index (χ3v) is 13.9. The van der Waals surface area contributed by atoms with Crippen molar-refractivity contribution in [3.05, 3.63) is 68.1 Å². The first-order valence-corrected chi connectivity index (χ1v) is 20.4. The van der Waals surface area contributed by atoms with E-state index in [1.165, 1.54) is 4.31 Å². The predicted molar refractivity (Wildman–Crippen MR) is 203 cm³/mol. The van der Waals surface area contributed by atoms with Gasteiger partial charge in [0, 0.05) is 81.2 Å². The first kappa shape index (κ1) is 36.0. The summed E-state index contributed by atoms with van der Waals surface area (Å²) in [6.45, 7) is 9.36. The van der Waals surface area contributed by atoms with Crippen LogP contribution in [0, 0.1) is 19.8 Å². The molecule has 3 saturated heterocycles. The van der Waals surface area contributed by atoms with Crippen molar-refractivity contribution in [2.45, 2.75) is 71.0 Å². The number of rotatable bonds is 8. The maximum absolute atomic E-state index is 14.2. The summed E-state index contributed by atoms with van der Waals surface area (Å²) in [5.41, 5.74) is 5.85. The Balaban J connectivity index is 1.07. The van der Waals surface area contributed by atoms with E-state index < -0.39 is 21.7 Å². The zero-order chi connectivity index (χ0) is 37.2. The first-order chi connectivity index (χ1) is 25.4. The molecule has 2 aromatic carbocycles. The molecule has 2 bridgehead atoms. The van der Waals surface area contributed by atoms with Gasteiger partial charge in [-0.1, -0.05) is 0 Å². The highest BCUT2D eigenvalue weighted by molar-refractivity contribution is 7.87. The van der Waals surface area contributed by atoms with Gasteiger partial charge in [0.2, 0.25) is 0 Å². The van der Waals surface area contributed by atoms with Crippen LogP contribution in [0.2, 0.25) is 0 Å². The van der Waals surface area contributed by atoms with Crippen LogP contribution < -0.4 is 20.1 Å². The maximum atomic E-state index is 14.2. The summed E-state index contributed by atoms with van der Waals surface area (Å²) >= 11 is 0. The van der Waals surface area contributed by atoms with Crippen molar-refractivity contribution in [3.63, 3.8) is 0 Å². The van der Waals surface area contributed by atoms with Crippen molar-refractivity contribution in [1.29, 1.82) is 0 Å². The number of nitrogens with one attached hydrogen (secondary N) is 1. The van der Waals surface area contributed by atoms with Gasteiger partial charge in [0.1, 0.15) is 5.58 Å². The quantitative estimate of drug-likeness (QED) is 0.342. The Morgan fingerprint density at radius 2 is 1.77 bits per heavy atom. The van der Waals surface area contributed by atoms with Crippen LogP contribution >= 0.6 is 0 Å². The number of carbonyl (C=O) groups excluding carboxylic acids is 2. The molecule has 0 spiro atoms. The van der Waals surface area contributed by atoms with Gasteiger partial charge >= 0.3 is 15.8 Å². The number of ether oxygens (including phenoxy) is 1. The Labute approximate surface area is 311 Å². The molecule has 2 unspecified atom stereocenters. The van der Waals surface area contributed by atoms with Crippen LogP contribution in [0.3, 0.4) is 0 Å². The molecule has 1 saturated carbocycles. The van der Waals surface area contributed by atoms with Gasteiger partial charge in [-0.25, -0.2) is 9.52 Å². The molecule has 4 fully saturated rings. The second kappa shape index (κ2) is 14.0. The molecule has 13 nitrogen and oxygen atoms in total. The van der Waals surface area contributed by atoms with Gasteiger partial charge in [-0.15, -0.1) is 0 Å².